The Balaban J connectivity index is 2.09. The fraction of sp³-hybridized carbons (Fsp3) is 0.562. The van der Waals surface area contributed by atoms with E-state index >= 15 is 0 Å². The second kappa shape index (κ2) is 4.24. The van der Waals surface area contributed by atoms with Crippen molar-refractivity contribution in [2.75, 3.05) is 0 Å². The van der Waals surface area contributed by atoms with E-state index in [1.165, 1.54) is 12.8 Å². The van der Waals surface area contributed by atoms with Crippen molar-refractivity contribution in [3.8, 4) is 5.75 Å². The third kappa shape index (κ3) is 1.73. The van der Waals surface area contributed by atoms with Gasteiger partial charge in [0.2, 0.25) is 0 Å². The SMILES string of the molecule is Cc1c(O)cc2c(c1Cl)C(=O)[C@@](C)(C1CCCC1)C2. The Labute approximate surface area is 118 Å². The Bertz CT molecular complexity index is 558. The van der Waals surface area contributed by atoms with Crippen LogP contribution in [0.2, 0.25) is 5.02 Å². The Hall–Kier alpha value is -1.02. The number of hydrogen-bond acceptors (Lipinski definition) is 2. The summed E-state index contributed by atoms with van der Waals surface area (Å²) in [7, 11) is 0. The second-order valence-electron chi connectivity index (χ2n) is 6.27. The molecule has 3 heteroatoms. The maximum Gasteiger partial charge on any atom is 0.171 e. The average molecular weight is 279 g/mol. The first-order chi connectivity index (χ1) is 8.95. The van der Waals surface area contributed by atoms with Gasteiger partial charge in [0.25, 0.3) is 0 Å². The Morgan fingerprint density at radius 2 is 2.00 bits per heavy atom. The van der Waals surface area contributed by atoms with E-state index < -0.39 is 0 Å². The van der Waals surface area contributed by atoms with Crippen molar-refractivity contribution in [3.05, 3.63) is 27.8 Å². The minimum Gasteiger partial charge on any atom is -0.508 e. The Kier molecular flexibility index (Phi) is 2.90. The number of carbonyl (C=O) groups is 1. The topological polar surface area (TPSA) is 37.3 Å². The van der Waals surface area contributed by atoms with Gasteiger partial charge in [-0.25, -0.2) is 0 Å². The van der Waals surface area contributed by atoms with Crippen LogP contribution in [0.25, 0.3) is 0 Å². The van der Waals surface area contributed by atoms with Crippen LogP contribution < -0.4 is 0 Å². The largest absolute Gasteiger partial charge is 0.508 e. The van der Waals surface area contributed by atoms with E-state index in [-0.39, 0.29) is 16.9 Å². The average Bonchev–Trinajstić information content (AvgIpc) is 2.96. The number of phenolic OH excluding ortho intramolecular Hbond substituents is 1. The Morgan fingerprint density at radius 3 is 2.63 bits per heavy atom. The van der Waals surface area contributed by atoms with Crippen molar-refractivity contribution >= 4 is 17.4 Å². The number of aromatic hydroxyl groups is 1. The number of rotatable bonds is 1. The van der Waals surface area contributed by atoms with Crippen molar-refractivity contribution in [3.63, 3.8) is 0 Å². The molecule has 0 radical (unpaired) electrons. The lowest BCUT2D eigenvalue weighted by Crippen LogP contribution is -2.32. The molecule has 2 aliphatic carbocycles. The standard InChI is InChI=1S/C16H19ClO2/c1-9-12(18)7-10-8-16(2,11-5-3-4-6-11)15(19)13(10)14(9)17/h7,11,18H,3-6,8H2,1-2H3/t16-/m1/s1. The smallest absolute Gasteiger partial charge is 0.171 e. The van der Waals surface area contributed by atoms with Gasteiger partial charge < -0.3 is 5.11 Å². The zero-order chi connectivity index (χ0) is 13.8. The number of hydrogen-bond donors (Lipinski definition) is 1. The summed E-state index contributed by atoms with van der Waals surface area (Å²) >= 11 is 6.29. The summed E-state index contributed by atoms with van der Waals surface area (Å²) < 4.78 is 0. The van der Waals surface area contributed by atoms with E-state index in [4.69, 9.17) is 11.6 Å². The molecule has 0 aromatic heterocycles. The van der Waals surface area contributed by atoms with E-state index in [0.29, 0.717) is 22.1 Å². The van der Waals surface area contributed by atoms with Crippen LogP contribution in [0.15, 0.2) is 6.07 Å². The third-order valence-corrected chi connectivity index (χ3v) is 5.60. The molecule has 1 aromatic rings. The van der Waals surface area contributed by atoms with Gasteiger partial charge in [0.05, 0.1) is 5.02 Å². The molecule has 0 heterocycles. The number of carbonyl (C=O) groups excluding carboxylic acids is 1. The summed E-state index contributed by atoms with van der Waals surface area (Å²) in [5.41, 5.74) is 1.88. The summed E-state index contributed by atoms with van der Waals surface area (Å²) in [6, 6.07) is 1.73. The molecule has 0 bridgehead atoms. The van der Waals surface area contributed by atoms with Crippen LogP contribution in [0.5, 0.6) is 5.75 Å². The van der Waals surface area contributed by atoms with Crippen molar-refractivity contribution in [1.82, 2.24) is 0 Å². The van der Waals surface area contributed by atoms with Gasteiger partial charge in [-0.15, -0.1) is 0 Å². The summed E-state index contributed by atoms with van der Waals surface area (Å²) in [5, 5.41) is 10.3. The van der Waals surface area contributed by atoms with Gasteiger partial charge in [0.15, 0.2) is 5.78 Å². The van der Waals surface area contributed by atoms with Crippen LogP contribution in [-0.4, -0.2) is 10.9 Å². The first kappa shape index (κ1) is 13.0. The van der Waals surface area contributed by atoms with Gasteiger partial charge in [-0.2, -0.15) is 0 Å². The van der Waals surface area contributed by atoms with E-state index in [0.717, 1.165) is 24.8 Å². The van der Waals surface area contributed by atoms with Gasteiger partial charge in [-0.3, -0.25) is 4.79 Å². The number of fused-ring (bicyclic) bond motifs is 1. The Morgan fingerprint density at radius 1 is 1.37 bits per heavy atom. The highest BCUT2D eigenvalue weighted by Crippen LogP contribution is 2.51. The molecule has 2 aliphatic rings. The van der Waals surface area contributed by atoms with Crippen molar-refractivity contribution in [2.45, 2.75) is 46.0 Å². The highest BCUT2D eigenvalue weighted by atomic mass is 35.5. The summed E-state index contributed by atoms with van der Waals surface area (Å²) in [5.74, 6) is 0.848. The van der Waals surface area contributed by atoms with Crippen LogP contribution >= 0.6 is 11.6 Å². The molecule has 19 heavy (non-hydrogen) atoms. The normalized spacial score (nSPS) is 27.0. The fourth-order valence-electron chi connectivity index (χ4n) is 3.83. The van der Waals surface area contributed by atoms with Crippen molar-refractivity contribution in [2.24, 2.45) is 11.3 Å². The highest BCUT2D eigenvalue weighted by Gasteiger charge is 2.48. The monoisotopic (exact) mass is 278 g/mol. The quantitative estimate of drug-likeness (QED) is 0.832. The lowest BCUT2D eigenvalue weighted by molar-refractivity contribution is 0.0744. The summed E-state index contributed by atoms with van der Waals surface area (Å²) in [6.45, 7) is 3.84. The molecule has 2 nitrogen and oxygen atoms in total. The molecular formula is C16H19ClO2. The van der Waals surface area contributed by atoms with Crippen molar-refractivity contribution < 1.29 is 9.90 Å². The maximum atomic E-state index is 12.8. The number of phenols is 1. The van der Waals surface area contributed by atoms with Crippen LogP contribution in [0, 0.1) is 18.3 Å². The number of benzene rings is 1. The molecule has 1 aromatic carbocycles. The van der Waals surface area contributed by atoms with E-state index in [1.807, 2.05) is 0 Å². The predicted molar refractivity (Wildman–Crippen MR) is 76.0 cm³/mol. The number of ketones is 1. The molecule has 0 unspecified atom stereocenters. The molecule has 1 N–H and O–H groups in total. The molecule has 1 fully saturated rings. The first-order valence-corrected chi connectivity index (χ1v) is 7.38. The second-order valence-corrected chi connectivity index (χ2v) is 6.65. The van der Waals surface area contributed by atoms with Crippen LogP contribution in [0.1, 0.15) is 54.1 Å². The third-order valence-electron chi connectivity index (χ3n) is 5.12. The van der Waals surface area contributed by atoms with Crippen LogP contribution in [-0.2, 0) is 6.42 Å². The summed E-state index contributed by atoms with van der Waals surface area (Å²) in [4.78, 5) is 12.8. The molecular weight excluding hydrogens is 260 g/mol. The lowest BCUT2D eigenvalue weighted by atomic mass is 9.73. The van der Waals surface area contributed by atoms with E-state index in [2.05, 4.69) is 6.92 Å². The van der Waals surface area contributed by atoms with Gasteiger partial charge in [-0.1, -0.05) is 31.4 Å². The zero-order valence-corrected chi connectivity index (χ0v) is 12.2. The zero-order valence-electron chi connectivity index (χ0n) is 11.4. The number of halogens is 1. The predicted octanol–water partition coefficient (Wildman–Crippen LogP) is 4.29. The summed E-state index contributed by atoms with van der Waals surface area (Å²) in [6.07, 6.45) is 5.45. The molecule has 0 spiro atoms. The van der Waals surface area contributed by atoms with Crippen LogP contribution in [0.3, 0.4) is 0 Å². The van der Waals surface area contributed by atoms with Crippen molar-refractivity contribution in [1.29, 1.82) is 0 Å². The van der Waals surface area contributed by atoms with Gasteiger partial charge in [-0.05, 0) is 43.7 Å². The molecule has 0 aliphatic heterocycles. The molecule has 1 atom stereocenters. The molecule has 1 saturated carbocycles. The molecule has 0 saturated heterocycles. The van der Waals surface area contributed by atoms with E-state index in [1.54, 1.807) is 13.0 Å². The lowest BCUT2D eigenvalue weighted by Gasteiger charge is -2.29. The van der Waals surface area contributed by atoms with Gasteiger partial charge in [0.1, 0.15) is 5.75 Å². The minimum atomic E-state index is -0.317. The number of Topliss-reactive ketones (excluding diaryl/α,β-unsaturated/α-hetero) is 1. The first-order valence-electron chi connectivity index (χ1n) is 7.01. The molecule has 102 valence electrons. The van der Waals surface area contributed by atoms with E-state index in [9.17, 15) is 9.90 Å². The molecule has 3 rings (SSSR count). The fourth-order valence-corrected chi connectivity index (χ4v) is 4.13. The van der Waals surface area contributed by atoms with Gasteiger partial charge in [0, 0.05) is 16.5 Å². The minimum absolute atomic E-state index is 0.183. The van der Waals surface area contributed by atoms with Gasteiger partial charge >= 0.3 is 0 Å². The van der Waals surface area contributed by atoms with Crippen LogP contribution in [0.4, 0.5) is 0 Å². The maximum absolute atomic E-state index is 12.8. The highest BCUT2D eigenvalue weighted by molar-refractivity contribution is 6.35. The molecule has 0 amide bonds.